The molecular weight excluding hydrogens is 364 g/mol. The molecule has 0 spiro atoms. The monoisotopic (exact) mass is 390 g/mol. The van der Waals surface area contributed by atoms with Crippen LogP contribution in [0.3, 0.4) is 0 Å². The van der Waals surface area contributed by atoms with Crippen molar-refractivity contribution in [3.8, 4) is 22.9 Å². The Hall–Kier alpha value is -2.22. The molecule has 1 aliphatic heterocycles. The number of carbonyl (C=O) groups excluding carboxylic acids is 1. The molecule has 146 valence electrons. The highest BCUT2D eigenvalue weighted by atomic mass is 32.2. The molecule has 0 bridgehead atoms. The van der Waals surface area contributed by atoms with Crippen LogP contribution in [0.4, 0.5) is 0 Å². The van der Waals surface area contributed by atoms with E-state index in [4.69, 9.17) is 9.47 Å². The van der Waals surface area contributed by atoms with E-state index in [1.807, 2.05) is 25.1 Å². The Balaban J connectivity index is 1.83. The Labute approximate surface area is 163 Å². The van der Waals surface area contributed by atoms with Gasteiger partial charge in [0.15, 0.2) is 22.5 Å². The summed E-state index contributed by atoms with van der Waals surface area (Å²) in [6.45, 7) is 8.19. The van der Waals surface area contributed by atoms with Crippen LogP contribution >= 0.6 is 11.8 Å². The smallest absolute Gasteiger partial charge is 0.230 e. The topological polar surface area (TPSA) is 78.3 Å². The van der Waals surface area contributed by atoms with Crippen LogP contribution in [0, 0.1) is 0 Å². The lowest BCUT2D eigenvalue weighted by atomic mass is 10.2. The third-order valence-electron chi connectivity index (χ3n) is 4.09. The second-order valence-corrected chi connectivity index (χ2v) is 7.56. The Morgan fingerprint density at radius 3 is 2.78 bits per heavy atom. The Bertz CT molecular complexity index is 791. The Morgan fingerprint density at radius 1 is 1.26 bits per heavy atom. The van der Waals surface area contributed by atoms with E-state index in [0.717, 1.165) is 40.9 Å². The first kappa shape index (κ1) is 19.5. The van der Waals surface area contributed by atoms with Crippen molar-refractivity contribution in [1.82, 2.24) is 20.1 Å². The zero-order chi connectivity index (χ0) is 19.2. The van der Waals surface area contributed by atoms with Gasteiger partial charge in [0.1, 0.15) is 0 Å². The first-order valence-electron chi connectivity index (χ1n) is 9.34. The minimum absolute atomic E-state index is 0.0114. The van der Waals surface area contributed by atoms with Gasteiger partial charge in [0.25, 0.3) is 0 Å². The fraction of sp³-hybridized carbons (Fsp3) is 0.526. The van der Waals surface area contributed by atoms with Gasteiger partial charge in [-0.3, -0.25) is 9.36 Å². The number of hydrogen-bond donors (Lipinski definition) is 1. The summed E-state index contributed by atoms with van der Waals surface area (Å²) in [5.41, 5.74) is 0.919. The van der Waals surface area contributed by atoms with Crippen LogP contribution in [-0.4, -0.2) is 46.2 Å². The van der Waals surface area contributed by atoms with Crippen molar-refractivity contribution in [2.75, 3.05) is 25.5 Å². The maximum absolute atomic E-state index is 11.9. The van der Waals surface area contributed by atoms with E-state index in [0.29, 0.717) is 25.5 Å². The summed E-state index contributed by atoms with van der Waals surface area (Å²) >= 11 is 1.40. The highest BCUT2D eigenvalue weighted by Crippen LogP contribution is 2.35. The second-order valence-electron chi connectivity index (χ2n) is 6.62. The van der Waals surface area contributed by atoms with E-state index < -0.39 is 0 Å². The highest BCUT2D eigenvalue weighted by molar-refractivity contribution is 7.99. The first-order chi connectivity index (χ1) is 13.1. The lowest BCUT2D eigenvalue weighted by Gasteiger charge is -2.15. The zero-order valence-corrected chi connectivity index (χ0v) is 16.8. The number of nitrogens with one attached hydrogen (secondary N) is 1. The minimum Gasteiger partial charge on any atom is -0.490 e. The average Bonchev–Trinajstić information content (AvgIpc) is 2.95. The van der Waals surface area contributed by atoms with Gasteiger partial charge in [0.2, 0.25) is 5.91 Å². The van der Waals surface area contributed by atoms with Crippen molar-refractivity contribution >= 4 is 17.7 Å². The van der Waals surface area contributed by atoms with E-state index in [2.05, 4.69) is 33.9 Å². The number of hydrogen-bond acceptors (Lipinski definition) is 6. The fourth-order valence-electron chi connectivity index (χ4n) is 2.79. The Kier molecular flexibility index (Phi) is 6.60. The predicted molar refractivity (Wildman–Crippen MR) is 105 cm³/mol. The van der Waals surface area contributed by atoms with Crippen molar-refractivity contribution in [2.24, 2.45) is 0 Å². The summed E-state index contributed by atoms with van der Waals surface area (Å²) in [5, 5.41) is 12.3. The third kappa shape index (κ3) is 4.74. The van der Waals surface area contributed by atoms with Crippen molar-refractivity contribution in [3.63, 3.8) is 0 Å². The van der Waals surface area contributed by atoms with Crippen molar-refractivity contribution in [2.45, 2.75) is 44.8 Å². The maximum Gasteiger partial charge on any atom is 0.230 e. The number of thioether (sulfide) groups is 1. The SMILES string of the molecule is CCCNC(=O)CSc1nnc(-c2ccc3c(c2)OCCCO3)n1C(C)C. The van der Waals surface area contributed by atoms with Gasteiger partial charge in [-0.05, 0) is 38.5 Å². The van der Waals surface area contributed by atoms with Gasteiger partial charge in [0, 0.05) is 24.6 Å². The highest BCUT2D eigenvalue weighted by Gasteiger charge is 2.20. The van der Waals surface area contributed by atoms with Gasteiger partial charge in [-0.15, -0.1) is 10.2 Å². The number of nitrogens with zero attached hydrogens (tertiary/aromatic N) is 3. The molecule has 7 nitrogen and oxygen atoms in total. The van der Waals surface area contributed by atoms with Crippen LogP contribution in [0.25, 0.3) is 11.4 Å². The summed E-state index contributed by atoms with van der Waals surface area (Å²) in [5.74, 6) is 2.59. The molecule has 0 saturated heterocycles. The van der Waals surface area contributed by atoms with Gasteiger partial charge in [-0.25, -0.2) is 0 Å². The molecule has 0 atom stereocenters. The van der Waals surface area contributed by atoms with Crippen molar-refractivity contribution < 1.29 is 14.3 Å². The van der Waals surface area contributed by atoms with Crippen LogP contribution in [-0.2, 0) is 4.79 Å². The summed E-state index contributed by atoms with van der Waals surface area (Å²) in [6, 6.07) is 6.00. The van der Waals surface area contributed by atoms with Gasteiger partial charge in [-0.2, -0.15) is 0 Å². The Morgan fingerprint density at radius 2 is 2.04 bits per heavy atom. The molecule has 1 amide bonds. The molecule has 0 radical (unpaired) electrons. The van der Waals surface area contributed by atoms with E-state index in [1.165, 1.54) is 11.8 Å². The maximum atomic E-state index is 11.9. The van der Waals surface area contributed by atoms with Gasteiger partial charge in [-0.1, -0.05) is 18.7 Å². The van der Waals surface area contributed by atoms with E-state index >= 15 is 0 Å². The molecule has 3 rings (SSSR count). The quantitative estimate of drug-likeness (QED) is 0.731. The fourth-order valence-corrected chi connectivity index (χ4v) is 3.68. The van der Waals surface area contributed by atoms with Crippen LogP contribution < -0.4 is 14.8 Å². The molecular formula is C19H26N4O3S. The first-order valence-corrected chi connectivity index (χ1v) is 10.3. The molecule has 1 aliphatic rings. The molecule has 2 aromatic rings. The summed E-state index contributed by atoms with van der Waals surface area (Å²) < 4.78 is 13.5. The largest absolute Gasteiger partial charge is 0.490 e. The number of aromatic nitrogens is 3. The predicted octanol–water partition coefficient (Wildman–Crippen LogP) is 3.31. The number of benzene rings is 1. The summed E-state index contributed by atoms with van der Waals surface area (Å²) in [7, 11) is 0. The minimum atomic E-state index is 0.0114. The van der Waals surface area contributed by atoms with E-state index in [-0.39, 0.29) is 11.9 Å². The van der Waals surface area contributed by atoms with Gasteiger partial charge < -0.3 is 14.8 Å². The zero-order valence-electron chi connectivity index (χ0n) is 16.0. The lowest BCUT2D eigenvalue weighted by molar-refractivity contribution is -0.118. The second kappa shape index (κ2) is 9.12. The standard InChI is InChI=1S/C19H26N4O3S/c1-4-8-20-17(24)12-27-19-22-21-18(23(19)13(2)3)14-6-7-15-16(11-14)26-10-5-9-25-15/h6-7,11,13H,4-5,8-10,12H2,1-3H3,(H,20,24). The average molecular weight is 391 g/mol. The molecule has 0 fully saturated rings. The molecule has 1 N–H and O–H groups in total. The molecule has 8 heteroatoms. The summed E-state index contributed by atoms with van der Waals surface area (Å²) in [4.78, 5) is 11.9. The molecule has 1 aromatic carbocycles. The number of amides is 1. The van der Waals surface area contributed by atoms with E-state index in [1.54, 1.807) is 0 Å². The normalized spacial score (nSPS) is 13.5. The molecule has 1 aromatic heterocycles. The lowest BCUT2D eigenvalue weighted by Crippen LogP contribution is -2.25. The number of carbonyl (C=O) groups is 1. The van der Waals surface area contributed by atoms with Gasteiger partial charge >= 0.3 is 0 Å². The molecule has 27 heavy (non-hydrogen) atoms. The van der Waals surface area contributed by atoms with Crippen LogP contribution in [0.15, 0.2) is 23.4 Å². The van der Waals surface area contributed by atoms with Crippen molar-refractivity contribution in [3.05, 3.63) is 18.2 Å². The summed E-state index contributed by atoms with van der Waals surface area (Å²) in [6.07, 6.45) is 1.79. The van der Waals surface area contributed by atoms with Crippen LogP contribution in [0.2, 0.25) is 0 Å². The van der Waals surface area contributed by atoms with Crippen LogP contribution in [0.5, 0.6) is 11.5 Å². The number of rotatable bonds is 7. The third-order valence-corrected chi connectivity index (χ3v) is 5.03. The van der Waals surface area contributed by atoms with E-state index in [9.17, 15) is 4.79 Å². The number of fused-ring (bicyclic) bond motifs is 1. The van der Waals surface area contributed by atoms with Crippen molar-refractivity contribution in [1.29, 1.82) is 0 Å². The van der Waals surface area contributed by atoms with Gasteiger partial charge in [0.05, 0.1) is 19.0 Å². The molecule has 0 saturated carbocycles. The number of ether oxygens (including phenoxy) is 2. The molecule has 0 aliphatic carbocycles. The molecule has 0 unspecified atom stereocenters. The molecule has 2 heterocycles. The van der Waals surface area contributed by atoms with Crippen LogP contribution in [0.1, 0.15) is 39.7 Å².